The molecular weight excluding hydrogens is 384 g/mol. The summed E-state index contributed by atoms with van der Waals surface area (Å²) in [5.74, 6) is -0.0381. The van der Waals surface area contributed by atoms with Crippen molar-refractivity contribution in [3.63, 3.8) is 0 Å². The van der Waals surface area contributed by atoms with E-state index in [1.54, 1.807) is 41.3 Å². The average molecular weight is 410 g/mol. The molecule has 7 heteroatoms. The van der Waals surface area contributed by atoms with Crippen LogP contribution in [0.5, 0.6) is 11.5 Å². The maximum atomic E-state index is 12.9. The predicted molar refractivity (Wildman–Crippen MR) is 113 cm³/mol. The normalized spacial score (nSPS) is 14.9. The minimum Gasteiger partial charge on any atom is -0.507 e. The number of benzene rings is 2. The number of carbonyl (C=O) groups excluding carboxylic acids is 3. The third kappa shape index (κ3) is 4.62. The second-order valence-corrected chi connectivity index (χ2v) is 7.16. The number of likely N-dealkylation sites (N-methyl/N-ethyl adjacent to an activating group) is 1. The number of nitrogens with zero attached hydrogens (tertiary/aromatic N) is 1. The minimum atomic E-state index is -0.337. The molecule has 2 N–H and O–H groups in total. The van der Waals surface area contributed by atoms with Crippen molar-refractivity contribution in [3.05, 3.63) is 53.1 Å². The van der Waals surface area contributed by atoms with Gasteiger partial charge in [-0.05, 0) is 68.7 Å². The highest BCUT2D eigenvalue weighted by Crippen LogP contribution is 2.32. The SMILES string of the molecule is CCN(CC)C(=O)COc1ccc(C(=O)c2cc3c(cc2O)CCC(C=O)N3)cc1. The number of carbonyl (C=O) groups is 3. The molecule has 0 aliphatic carbocycles. The monoisotopic (exact) mass is 410 g/mol. The van der Waals surface area contributed by atoms with E-state index in [9.17, 15) is 19.5 Å². The molecule has 1 atom stereocenters. The highest BCUT2D eigenvalue weighted by molar-refractivity contribution is 6.11. The molecule has 0 spiro atoms. The van der Waals surface area contributed by atoms with E-state index in [1.807, 2.05) is 13.8 Å². The zero-order valence-corrected chi connectivity index (χ0v) is 17.2. The standard InChI is InChI=1S/C23H26N2O5/c1-3-25(4-2)22(28)14-30-18-9-6-15(7-10-18)23(29)19-12-20-16(11-21(19)27)5-8-17(13-26)24-20/h6-7,9-13,17,24,27H,3-5,8,14H2,1-2H3. The average Bonchev–Trinajstić information content (AvgIpc) is 2.77. The Labute approximate surface area is 175 Å². The van der Waals surface area contributed by atoms with E-state index in [0.29, 0.717) is 42.9 Å². The van der Waals surface area contributed by atoms with Gasteiger partial charge in [-0.15, -0.1) is 0 Å². The second kappa shape index (κ2) is 9.43. The van der Waals surface area contributed by atoms with Crippen LogP contribution in [0.1, 0.15) is 41.8 Å². The van der Waals surface area contributed by atoms with Crippen LogP contribution in [-0.4, -0.2) is 53.7 Å². The fourth-order valence-corrected chi connectivity index (χ4v) is 3.51. The number of hydrogen-bond donors (Lipinski definition) is 2. The van der Waals surface area contributed by atoms with Crippen molar-refractivity contribution >= 4 is 23.7 Å². The lowest BCUT2D eigenvalue weighted by Crippen LogP contribution is -2.34. The van der Waals surface area contributed by atoms with Crippen molar-refractivity contribution in [2.45, 2.75) is 32.7 Å². The van der Waals surface area contributed by atoms with Gasteiger partial charge in [0.1, 0.15) is 17.8 Å². The van der Waals surface area contributed by atoms with Crippen LogP contribution in [0.4, 0.5) is 5.69 Å². The van der Waals surface area contributed by atoms with Gasteiger partial charge in [0.15, 0.2) is 12.4 Å². The Morgan fingerprint density at radius 1 is 1.20 bits per heavy atom. The molecule has 0 saturated heterocycles. The molecule has 1 amide bonds. The molecule has 1 unspecified atom stereocenters. The summed E-state index contributed by atoms with van der Waals surface area (Å²) in [4.78, 5) is 37.7. The Morgan fingerprint density at radius 2 is 1.90 bits per heavy atom. The molecule has 0 fully saturated rings. The third-order valence-corrected chi connectivity index (χ3v) is 5.29. The van der Waals surface area contributed by atoms with Crippen LogP contribution in [0, 0.1) is 0 Å². The summed E-state index contributed by atoms with van der Waals surface area (Å²) in [6, 6.07) is 9.32. The molecule has 30 heavy (non-hydrogen) atoms. The molecule has 2 aromatic rings. The van der Waals surface area contributed by atoms with Crippen molar-refractivity contribution in [3.8, 4) is 11.5 Å². The number of amides is 1. The molecule has 0 aromatic heterocycles. The number of nitrogens with one attached hydrogen (secondary N) is 1. The molecule has 0 saturated carbocycles. The van der Waals surface area contributed by atoms with Crippen LogP contribution >= 0.6 is 0 Å². The first-order valence-corrected chi connectivity index (χ1v) is 10.1. The number of aromatic hydroxyl groups is 1. The lowest BCUT2D eigenvalue weighted by Gasteiger charge is -2.24. The number of ether oxygens (including phenoxy) is 1. The number of ketones is 1. The highest BCUT2D eigenvalue weighted by atomic mass is 16.5. The Balaban J connectivity index is 1.72. The summed E-state index contributed by atoms with van der Waals surface area (Å²) in [5, 5.41) is 13.4. The molecule has 1 aliphatic rings. The summed E-state index contributed by atoms with van der Waals surface area (Å²) in [6.45, 7) is 5.00. The van der Waals surface area contributed by atoms with Crippen LogP contribution in [0.15, 0.2) is 36.4 Å². The number of aryl methyl sites for hydroxylation is 1. The largest absolute Gasteiger partial charge is 0.507 e. The van der Waals surface area contributed by atoms with Gasteiger partial charge in [0, 0.05) is 24.3 Å². The Kier molecular flexibility index (Phi) is 6.72. The van der Waals surface area contributed by atoms with Crippen LogP contribution in [0.25, 0.3) is 0 Å². The quantitative estimate of drug-likeness (QED) is 0.395. The maximum absolute atomic E-state index is 12.9. The van der Waals surface area contributed by atoms with E-state index in [2.05, 4.69) is 5.32 Å². The molecule has 1 aliphatic heterocycles. The molecule has 2 aromatic carbocycles. The van der Waals surface area contributed by atoms with E-state index in [-0.39, 0.29) is 35.7 Å². The summed E-state index contributed by atoms with van der Waals surface area (Å²) < 4.78 is 5.52. The summed E-state index contributed by atoms with van der Waals surface area (Å²) >= 11 is 0. The van der Waals surface area contributed by atoms with Crippen molar-refractivity contribution in [2.75, 3.05) is 25.0 Å². The number of hydrogen-bond acceptors (Lipinski definition) is 6. The van der Waals surface area contributed by atoms with Gasteiger partial charge in [-0.3, -0.25) is 9.59 Å². The van der Waals surface area contributed by atoms with Crippen LogP contribution in [-0.2, 0) is 16.0 Å². The van der Waals surface area contributed by atoms with E-state index < -0.39 is 0 Å². The van der Waals surface area contributed by atoms with Crippen molar-refractivity contribution < 1.29 is 24.2 Å². The van der Waals surface area contributed by atoms with Gasteiger partial charge in [-0.1, -0.05) is 0 Å². The molecule has 7 nitrogen and oxygen atoms in total. The van der Waals surface area contributed by atoms with Crippen molar-refractivity contribution in [1.29, 1.82) is 0 Å². The second-order valence-electron chi connectivity index (χ2n) is 7.16. The number of anilines is 1. The van der Waals surface area contributed by atoms with E-state index in [0.717, 1.165) is 11.8 Å². The van der Waals surface area contributed by atoms with Gasteiger partial charge in [-0.25, -0.2) is 0 Å². The number of phenolic OH excluding ortho intramolecular Hbond substituents is 1. The van der Waals surface area contributed by atoms with Gasteiger partial charge < -0.3 is 24.9 Å². The zero-order chi connectivity index (χ0) is 21.7. The Hall–Kier alpha value is -3.35. The molecule has 1 heterocycles. The molecule has 0 bridgehead atoms. The fourth-order valence-electron chi connectivity index (χ4n) is 3.51. The van der Waals surface area contributed by atoms with Gasteiger partial charge in [0.2, 0.25) is 0 Å². The Bertz CT molecular complexity index is 935. The van der Waals surface area contributed by atoms with Gasteiger partial charge in [0.05, 0.1) is 11.6 Å². The van der Waals surface area contributed by atoms with Gasteiger partial charge in [-0.2, -0.15) is 0 Å². The van der Waals surface area contributed by atoms with Crippen LogP contribution in [0.3, 0.4) is 0 Å². The number of fused-ring (bicyclic) bond motifs is 1. The van der Waals surface area contributed by atoms with Gasteiger partial charge >= 0.3 is 0 Å². The van der Waals surface area contributed by atoms with E-state index >= 15 is 0 Å². The number of aldehydes is 1. The third-order valence-electron chi connectivity index (χ3n) is 5.29. The first-order chi connectivity index (χ1) is 14.5. The summed E-state index contributed by atoms with van der Waals surface area (Å²) in [7, 11) is 0. The van der Waals surface area contributed by atoms with Crippen molar-refractivity contribution in [1.82, 2.24) is 4.90 Å². The first-order valence-electron chi connectivity index (χ1n) is 10.1. The lowest BCUT2D eigenvalue weighted by molar-refractivity contribution is -0.133. The molecule has 158 valence electrons. The Morgan fingerprint density at radius 3 is 2.53 bits per heavy atom. The number of phenols is 1. The molecule has 0 radical (unpaired) electrons. The zero-order valence-electron chi connectivity index (χ0n) is 17.2. The number of rotatable bonds is 8. The predicted octanol–water partition coefficient (Wildman–Crippen LogP) is 2.80. The first kappa shape index (κ1) is 21.4. The summed E-state index contributed by atoms with van der Waals surface area (Å²) in [5.41, 5.74) is 2.12. The topological polar surface area (TPSA) is 95.9 Å². The summed E-state index contributed by atoms with van der Waals surface area (Å²) in [6.07, 6.45) is 2.16. The highest BCUT2D eigenvalue weighted by Gasteiger charge is 2.22. The minimum absolute atomic E-state index is 0.0653. The van der Waals surface area contributed by atoms with Crippen LogP contribution < -0.4 is 10.1 Å². The van der Waals surface area contributed by atoms with E-state index in [1.165, 1.54) is 0 Å². The van der Waals surface area contributed by atoms with Gasteiger partial charge in [0.25, 0.3) is 5.91 Å². The lowest BCUT2D eigenvalue weighted by atomic mass is 9.94. The molecular formula is C23H26N2O5. The van der Waals surface area contributed by atoms with Crippen LogP contribution in [0.2, 0.25) is 0 Å². The fraction of sp³-hybridized carbons (Fsp3) is 0.348. The van der Waals surface area contributed by atoms with Crippen molar-refractivity contribution in [2.24, 2.45) is 0 Å². The smallest absolute Gasteiger partial charge is 0.260 e. The maximum Gasteiger partial charge on any atom is 0.260 e. The van der Waals surface area contributed by atoms with E-state index in [4.69, 9.17) is 4.74 Å². The molecule has 3 rings (SSSR count).